The van der Waals surface area contributed by atoms with Gasteiger partial charge in [0.2, 0.25) is 5.01 Å². The molecule has 0 radical (unpaired) electrons. The number of aromatic nitrogens is 2. The monoisotopic (exact) mass is 451 g/mol. The lowest BCUT2D eigenvalue weighted by Gasteiger charge is -2.31. The number of likely N-dealkylation sites (tertiary alicyclic amines) is 1. The van der Waals surface area contributed by atoms with E-state index < -0.39 is 0 Å². The predicted octanol–water partition coefficient (Wildman–Crippen LogP) is 4.52. The highest BCUT2D eigenvalue weighted by Gasteiger charge is 2.27. The summed E-state index contributed by atoms with van der Waals surface area (Å²) >= 11 is 1.31. The standard InChI is InChI=1S/C23H25N5O3S/c1-15-5-3-4-6-19(15)25-23(30)28-13-11-16(12-14-28)21-26-27-22(32-21)20(29)24-17-7-9-18(31-2)10-8-17/h3-10,16H,11-14H2,1-2H3,(H,24,29)(H,25,30). The number of anilines is 2. The first kappa shape index (κ1) is 21.8. The summed E-state index contributed by atoms with van der Waals surface area (Å²) in [6.45, 7) is 3.24. The van der Waals surface area contributed by atoms with Crippen LogP contribution in [0.1, 0.15) is 39.1 Å². The van der Waals surface area contributed by atoms with E-state index in [1.165, 1.54) is 11.3 Å². The van der Waals surface area contributed by atoms with E-state index in [0.29, 0.717) is 23.8 Å². The molecule has 1 aliphatic rings. The number of rotatable bonds is 5. The minimum atomic E-state index is -0.283. The largest absolute Gasteiger partial charge is 0.497 e. The Kier molecular flexibility index (Phi) is 6.65. The number of hydrogen-bond acceptors (Lipinski definition) is 6. The fourth-order valence-electron chi connectivity index (χ4n) is 3.59. The number of para-hydroxylation sites is 1. The van der Waals surface area contributed by atoms with Gasteiger partial charge in [0, 0.05) is 30.4 Å². The number of methoxy groups -OCH3 is 1. The molecule has 0 unspecified atom stereocenters. The van der Waals surface area contributed by atoms with Crippen molar-refractivity contribution in [2.24, 2.45) is 0 Å². The van der Waals surface area contributed by atoms with Crippen molar-refractivity contribution < 1.29 is 14.3 Å². The molecule has 9 heteroatoms. The first-order valence-corrected chi connectivity index (χ1v) is 11.3. The highest BCUT2D eigenvalue weighted by atomic mass is 32.1. The van der Waals surface area contributed by atoms with E-state index in [9.17, 15) is 9.59 Å². The van der Waals surface area contributed by atoms with E-state index in [4.69, 9.17) is 4.74 Å². The van der Waals surface area contributed by atoms with Crippen molar-refractivity contribution in [1.82, 2.24) is 15.1 Å². The van der Waals surface area contributed by atoms with Crippen LogP contribution in [0.15, 0.2) is 48.5 Å². The molecular formula is C23H25N5O3S. The number of carbonyl (C=O) groups excluding carboxylic acids is 2. The van der Waals surface area contributed by atoms with Crippen LogP contribution < -0.4 is 15.4 Å². The van der Waals surface area contributed by atoms with Crippen LogP contribution in [0.3, 0.4) is 0 Å². The molecule has 1 saturated heterocycles. The Labute approximate surface area is 190 Å². The van der Waals surface area contributed by atoms with Gasteiger partial charge in [0.05, 0.1) is 7.11 Å². The van der Waals surface area contributed by atoms with Gasteiger partial charge in [-0.15, -0.1) is 10.2 Å². The topological polar surface area (TPSA) is 96.4 Å². The third-order valence-corrected chi connectivity index (χ3v) is 6.59. The fraction of sp³-hybridized carbons (Fsp3) is 0.304. The molecule has 4 rings (SSSR count). The average Bonchev–Trinajstić information content (AvgIpc) is 3.32. The van der Waals surface area contributed by atoms with Crippen LogP contribution in [0.25, 0.3) is 0 Å². The van der Waals surface area contributed by atoms with Crippen LogP contribution in [-0.4, -0.2) is 47.2 Å². The second kappa shape index (κ2) is 9.78. The highest BCUT2D eigenvalue weighted by molar-refractivity contribution is 7.13. The van der Waals surface area contributed by atoms with Gasteiger partial charge in [-0.2, -0.15) is 0 Å². The molecule has 166 valence electrons. The smallest absolute Gasteiger partial charge is 0.321 e. The number of nitrogens with zero attached hydrogens (tertiary/aromatic N) is 3. The quantitative estimate of drug-likeness (QED) is 0.595. The van der Waals surface area contributed by atoms with Gasteiger partial charge >= 0.3 is 6.03 Å². The van der Waals surface area contributed by atoms with E-state index in [0.717, 1.165) is 34.8 Å². The molecule has 2 heterocycles. The van der Waals surface area contributed by atoms with Crippen molar-refractivity contribution in [2.75, 3.05) is 30.8 Å². The van der Waals surface area contributed by atoms with Crippen LogP contribution in [0.2, 0.25) is 0 Å². The summed E-state index contributed by atoms with van der Waals surface area (Å²) < 4.78 is 5.12. The van der Waals surface area contributed by atoms with Crippen LogP contribution in [0.4, 0.5) is 16.2 Å². The van der Waals surface area contributed by atoms with Gasteiger partial charge in [0.1, 0.15) is 10.8 Å². The molecule has 3 aromatic rings. The molecule has 1 aromatic heterocycles. The Morgan fingerprint density at radius 1 is 1.03 bits per heavy atom. The van der Waals surface area contributed by atoms with Crippen LogP contribution in [0.5, 0.6) is 5.75 Å². The molecule has 0 aliphatic carbocycles. The Hall–Kier alpha value is -3.46. The number of piperidine rings is 1. The number of amides is 3. The summed E-state index contributed by atoms with van der Waals surface area (Å²) in [5.41, 5.74) is 2.53. The lowest BCUT2D eigenvalue weighted by Crippen LogP contribution is -2.40. The number of carbonyl (C=O) groups is 2. The third-order valence-electron chi connectivity index (χ3n) is 5.50. The summed E-state index contributed by atoms with van der Waals surface area (Å²) in [6.07, 6.45) is 1.58. The minimum absolute atomic E-state index is 0.0884. The molecule has 0 bridgehead atoms. The maximum absolute atomic E-state index is 12.6. The van der Waals surface area contributed by atoms with Gasteiger partial charge < -0.3 is 20.3 Å². The number of urea groups is 1. The summed E-state index contributed by atoms with van der Waals surface area (Å²) in [5.74, 6) is 0.631. The Balaban J connectivity index is 1.31. The van der Waals surface area contributed by atoms with E-state index in [2.05, 4.69) is 20.8 Å². The van der Waals surface area contributed by atoms with E-state index in [-0.39, 0.29) is 17.9 Å². The number of nitrogens with one attached hydrogen (secondary N) is 2. The van der Waals surface area contributed by atoms with Crippen LogP contribution >= 0.6 is 11.3 Å². The van der Waals surface area contributed by atoms with Crippen molar-refractivity contribution >= 4 is 34.6 Å². The third kappa shape index (κ3) is 5.05. The molecule has 0 atom stereocenters. The average molecular weight is 452 g/mol. The second-order valence-electron chi connectivity index (χ2n) is 7.63. The van der Waals surface area contributed by atoms with Crippen molar-refractivity contribution in [3.05, 3.63) is 64.1 Å². The van der Waals surface area contributed by atoms with Crippen molar-refractivity contribution in [1.29, 1.82) is 0 Å². The first-order chi connectivity index (χ1) is 15.5. The second-order valence-corrected chi connectivity index (χ2v) is 8.64. The van der Waals surface area contributed by atoms with Crippen molar-refractivity contribution in [3.63, 3.8) is 0 Å². The van der Waals surface area contributed by atoms with Gasteiger partial charge in [-0.3, -0.25) is 4.79 Å². The lowest BCUT2D eigenvalue weighted by molar-refractivity contribution is 0.102. The maximum Gasteiger partial charge on any atom is 0.321 e. The van der Waals surface area contributed by atoms with Gasteiger partial charge in [-0.1, -0.05) is 29.5 Å². The zero-order valence-electron chi connectivity index (χ0n) is 18.0. The lowest BCUT2D eigenvalue weighted by atomic mass is 9.98. The number of benzene rings is 2. The molecule has 3 amide bonds. The zero-order valence-corrected chi connectivity index (χ0v) is 18.8. The number of aryl methyl sites for hydroxylation is 1. The Bertz CT molecular complexity index is 1090. The molecule has 2 N–H and O–H groups in total. The van der Waals surface area contributed by atoms with E-state index in [1.54, 1.807) is 31.4 Å². The van der Waals surface area contributed by atoms with Crippen LogP contribution in [0, 0.1) is 6.92 Å². The number of hydrogen-bond donors (Lipinski definition) is 2. The molecule has 0 saturated carbocycles. The summed E-state index contributed by atoms with van der Waals surface area (Å²) in [7, 11) is 1.59. The molecule has 2 aromatic carbocycles. The van der Waals surface area contributed by atoms with Crippen molar-refractivity contribution in [2.45, 2.75) is 25.7 Å². The molecular weight excluding hydrogens is 426 g/mol. The molecule has 0 spiro atoms. The highest BCUT2D eigenvalue weighted by Crippen LogP contribution is 2.31. The minimum Gasteiger partial charge on any atom is -0.497 e. The van der Waals surface area contributed by atoms with E-state index in [1.807, 2.05) is 36.1 Å². The van der Waals surface area contributed by atoms with Crippen LogP contribution in [-0.2, 0) is 0 Å². The SMILES string of the molecule is COc1ccc(NC(=O)c2nnc(C3CCN(C(=O)Nc4ccccc4C)CC3)s2)cc1. The molecule has 1 aliphatic heterocycles. The van der Waals surface area contributed by atoms with Gasteiger partial charge in [-0.05, 0) is 55.7 Å². The molecule has 32 heavy (non-hydrogen) atoms. The van der Waals surface area contributed by atoms with Gasteiger partial charge in [0.15, 0.2) is 0 Å². The normalized spacial score (nSPS) is 14.1. The van der Waals surface area contributed by atoms with Gasteiger partial charge in [0.25, 0.3) is 5.91 Å². The van der Waals surface area contributed by atoms with Crippen molar-refractivity contribution in [3.8, 4) is 5.75 Å². The summed E-state index contributed by atoms with van der Waals surface area (Å²) in [6, 6.07) is 14.8. The summed E-state index contributed by atoms with van der Waals surface area (Å²) in [4.78, 5) is 26.9. The first-order valence-electron chi connectivity index (χ1n) is 10.4. The number of ether oxygens (including phenoxy) is 1. The fourth-order valence-corrected chi connectivity index (χ4v) is 4.49. The van der Waals surface area contributed by atoms with E-state index >= 15 is 0 Å². The predicted molar refractivity (Wildman–Crippen MR) is 125 cm³/mol. The Morgan fingerprint density at radius 3 is 2.44 bits per heavy atom. The van der Waals surface area contributed by atoms with Gasteiger partial charge in [-0.25, -0.2) is 4.79 Å². The summed E-state index contributed by atoms with van der Waals surface area (Å²) in [5, 5.41) is 15.3. The molecule has 8 nitrogen and oxygen atoms in total. The zero-order chi connectivity index (χ0) is 22.5. The molecule has 1 fully saturated rings. The Morgan fingerprint density at radius 2 is 1.75 bits per heavy atom. The maximum atomic E-state index is 12.6.